The van der Waals surface area contributed by atoms with Gasteiger partial charge in [-0.3, -0.25) is 4.79 Å². The standard InChI is InChI=1S/C17H17NO2/c1-2-12-6-5-7-13(10-12)17(19)16-11-18-14-8-3-4-9-15(14)20-16/h3-10,16,18H,2,11H2,1H3. The lowest BCUT2D eigenvalue weighted by Gasteiger charge is -2.26. The summed E-state index contributed by atoms with van der Waals surface area (Å²) >= 11 is 0. The highest BCUT2D eigenvalue weighted by atomic mass is 16.5. The third kappa shape index (κ3) is 2.39. The molecule has 1 heterocycles. The summed E-state index contributed by atoms with van der Waals surface area (Å²) in [4.78, 5) is 12.5. The predicted octanol–water partition coefficient (Wildman–Crippen LogP) is 3.30. The van der Waals surface area contributed by atoms with E-state index in [-0.39, 0.29) is 5.78 Å². The quantitative estimate of drug-likeness (QED) is 0.867. The molecule has 0 aromatic heterocycles. The van der Waals surface area contributed by atoms with E-state index in [1.807, 2.05) is 48.5 Å². The lowest BCUT2D eigenvalue weighted by atomic mass is 10.0. The summed E-state index contributed by atoms with van der Waals surface area (Å²) in [6, 6.07) is 15.4. The van der Waals surface area contributed by atoms with E-state index >= 15 is 0 Å². The van der Waals surface area contributed by atoms with Crippen LogP contribution in [-0.2, 0) is 6.42 Å². The van der Waals surface area contributed by atoms with Crippen molar-refractivity contribution in [2.24, 2.45) is 0 Å². The Morgan fingerprint density at radius 3 is 2.95 bits per heavy atom. The zero-order valence-electron chi connectivity index (χ0n) is 11.4. The van der Waals surface area contributed by atoms with Gasteiger partial charge in [-0.15, -0.1) is 0 Å². The number of ketones is 1. The first-order chi connectivity index (χ1) is 9.78. The highest BCUT2D eigenvalue weighted by molar-refractivity contribution is 6.00. The van der Waals surface area contributed by atoms with Crippen LogP contribution in [0.15, 0.2) is 48.5 Å². The number of nitrogens with one attached hydrogen (secondary N) is 1. The van der Waals surface area contributed by atoms with Gasteiger partial charge in [0, 0.05) is 5.56 Å². The highest BCUT2D eigenvalue weighted by Gasteiger charge is 2.26. The molecule has 1 atom stereocenters. The minimum atomic E-state index is -0.461. The summed E-state index contributed by atoms with van der Waals surface area (Å²) in [5.41, 5.74) is 2.83. The minimum Gasteiger partial charge on any atom is -0.478 e. The highest BCUT2D eigenvalue weighted by Crippen LogP contribution is 2.29. The van der Waals surface area contributed by atoms with Gasteiger partial charge in [-0.05, 0) is 30.2 Å². The van der Waals surface area contributed by atoms with Crippen molar-refractivity contribution in [3.8, 4) is 5.75 Å². The summed E-state index contributed by atoms with van der Waals surface area (Å²) in [6.45, 7) is 2.59. The first kappa shape index (κ1) is 12.7. The Labute approximate surface area is 118 Å². The van der Waals surface area contributed by atoms with Gasteiger partial charge in [0.25, 0.3) is 0 Å². The van der Waals surface area contributed by atoms with Gasteiger partial charge in [0.2, 0.25) is 5.78 Å². The second-order valence-electron chi connectivity index (χ2n) is 4.90. The van der Waals surface area contributed by atoms with Crippen LogP contribution in [0.1, 0.15) is 22.8 Å². The van der Waals surface area contributed by atoms with Gasteiger partial charge in [0.05, 0.1) is 12.2 Å². The smallest absolute Gasteiger partial charge is 0.205 e. The van der Waals surface area contributed by atoms with Crippen LogP contribution >= 0.6 is 0 Å². The topological polar surface area (TPSA) is 38.3 Å². The van der Waals surface area contributed by atoms with Gasteiger partial charge in [0.15, 0.2) is 6.10 Å². The number of benzene rings is 2. The zero-order valence-corrected chi connectivity index (χ0v) is 11.4. The van der Waals surface area contributed by atoms with Crippen LogP contribution in [0.3, 0.4) is 0 Å². The molecule has 0 aliphatic carbocycles. The van der Waals surface area contributed by atoms with E-state index in [0.717, 1.165) is 23.4 Å². The molecular weight excluding hydrogens is 250 g/mol. The average Bonchev–Trinajstić information content (AvgIpc) is 2.53. The Balaban J connectivity index is 1.82. The number of para-hydroxylation sites is 2. The van der Waals surface area contributed by atoms with Crippen LogP contribution in [0.2, 0.25) is 0 Å². The van der Waals surface area contributed by atoms with Crippen molar-refractivity contribution >= 4 is 11.5 Å². The van der Waals surface area contributed by atoms with Crippen molar-refractivity contribution in [2.75, 3.05) is 11.9 Å². The van der Waals surface area contributed by atoms with Gasteiger partial charge in [-0.25, -0.2) is 0 Å². The van der Waals surface area contributed by atoms with Gasteiger partial charge in [-0.2, -0.15) is 0 Å². The van der Waals surface area contributed by atoms with Gasteiger partial charge >= 0.3 is 0 Å². The van der Waals surface area contributed by atoms with Crippen molar-refractivity contribution in [3.63, 3.8) is 0 Å². The molecule has 2 aromatic carbocycles. The zero-order chi connectivity index (χ0) is 13.9. The third-order valence-corrected chi connectivity index (χ3v) is 3.55. The first-order valence-electron chi connectivity index (χ1n) is 6.90. The maximum atomic E-state index is 12.5. The molecular formula is C17H17NO2. The van der Waals surface area contributed by atoms with Gasteiger partial charge < -0.3 is 10.1 Å². The number of rotatable bonds is 3. The van der Waals surface area contributed by atoms with Crippen molar-refractivity contribution in [1.29, 1.82) is 0 Å². The number of anilines is 1. The average molecular weight is 267 g/mol. The van der Waals surface area contributed by atoms with E-state index in [1.165, 1.54) is 5.56 Å². The number of Topliss-reactive ketones (excluding diaryl/α,β-unsaturated/α-hetero) is 1. The van der Waals surface area contributed by atoms with E-state index in [2.05, 4.69) is 12.2 Å². The monoisotopic (exact) mass is 267 g/mol. The molecule has 20 heavy (non-hydrogen) atoms. The molecule has 3 nitrogen and oxygen atoms in total. The molecule has 0 radical (unpaired) electrons. The van der Waals surface area contributed by atoms with E-state index < -0.39 is 6.10 Å². The molecule has 0 saturated carbocycles. The molecule has 0 fully saturated rings. The molecule has 0 amide bonds. The summed E-state index contributed by atoms with van der Waals surface area (Å²) in [6.07, 6.45) is 0.463. The van der Waals surface area contributed by atoms with E-state index in [9.17, 15) is 4.79 Å². The Morgan fingerprint density at radius 1 is 1.25 bits per heavy atom. The number of ether oxygens (including phenoxy) is 1. The molecule has 1 unspecified atom stereocenters. The fourth-order valence-corrected chi connectivity index (χ4v) is 2.39. The molecule has 1 N–H and O–H groups in total. The van der Waals surface area contributed by atoms with Crippen LogP contribution in [-0.4, -0.2) is 18.4 Å². The Kier molecular flexibility index (Phi) is 3.42. The minimum absolute atomic E-state index is 0.0299. The molecule has 2 aromatic rings. The molecule has 0 spiro atoms. The fourth-order valence-electron chi connectivity index (χ4n) is 2.39. The SMILES string of the molecule is CCc1cccc(C(=O)C2CNc3ccccc3O2)c1. The largest absolute Gasteiger partial charge is 0.478 e. The molecule has 0 bridgehead atoms. The van der Waals surface area contributed by atoms with E-state index in [0.29, 0.717) is 6.54 Å². The maximum absolute atomic E-state index is 12.5. The summed E-state index contributed by atoms with van der Waals surface area (Å²) in [5, 5.41) is 3.25. The molecule has 0 saturated heterocycles. The molecule has 1 aliphatic rings. The number of carbonyl (C=O) groups excluding carboxylic acids is 1. The normalized spacial score (nSPS) is 16.8. The van der Waals surface area contributed by atoms with Crippen molar-refractivity contribution in [1.82, 2.24) is 0 Å². The second-order valence-corrected chi connectivity index (χ2v) is 4.90. The van der Waals surface area contributed by atoms with Crippen LogP contribution in [0.5, 0.6) is 5.75 Å². The summed E-state index contributed by atoms with van der Waals surface area (Å²) in [5.74, 6) is 0.769. The van der Waals surface area contributed by atoms with Crippen LogP contribution in [0, 0.1) is 0 Å². The lowest BCUT2D eigenvalue weighted by Crippen LogP contribution is -2.37. The molecule has 1 aliphatic heterocycles. The number of hydrogen-bond acceptors (Lipinski definition) is 3. The maximum Gasteiger partial charge on any atom is 0.205 e. The van der Waals surface area contributed by atoms with Crippen LogP contribution in [0.4, 0.5) is 5.69 Å². The van der Waals surface area contributed by atoms with Gasteiger partial charge in [-0.1, -0.05) is 37.3 Å². The second kappa shape index (κ2) is 5.37. The summed E-state index contributed by atoms with van der Waals surface area (Å²) in [7, 11) is 0. The van der Waals surface area contributed by atoms with Crippen molar-refractivity contribution in [2.45, 2.75) is 19.4 Å². The lowest BCUT2D eigenvalue weighted by molar-refractivity contribution is 0.0801. The van der Waals surface area contributed by atoms with Crippen molar-refractivity contribution < 1.29 is 9.53 Å². The van der Waals surface area contributed by atoms with Crippen LogP contribution in [0.25, 0.3) is 0 Å². The molecule has 102 valence electrons. The van der Waals surface area contributed by atoms with Gasteiger partial charge in [0.1, 0.15) is 5.75 Å². The Bertz CT molecular complexity index is 636. The molecule has 3 rings (SSSR count). The van der Waals surface area contributed by atoms with E-state index in [1.54, 1.807) is 0 Å². The number of aryl methyl sites for hydroxylation is 1. The third-order valence-electron chi connectivity index (χ3n) is 3.55. The Hall–Kier alpha value is -2.29. The van der Waals surface area contributed by atoms with Crippen molar-refractivity contribution in [3.05, 3.63) is 59.7 Å². The summed E-state index contributed by atoms with van der Waals surface area (Å²) < 4.78 is 5.81. The Morgan fingerprint density at radius 2 is 2.10 bits per heavy atom. The predicted molar refractivity (Wildman–Crippen MR) is 79.5 cm³/mol. The number of hydrogen-bond donors (Lipinski definition) is 1. The number of carbonyl (C=O) groups is 1. The van der Waals surface area contributed by atoms with Crippen LogP contribution < -0.4 is 10.1 Å². The van der Waals surface area contributed by atoms with E-state index in [4.69, 9.17) is 4.74 Å². The fraction of sp³-hybridized carbons (Fsp3) is 0.235. The number of fused-ring (bicyclic) bond motifs is 1. The first-order valence-corrected chi connectivity index (χ1v) is 6.90. The molecule has 3 heteroatoms.